The molecule has 0 aromatic heterocycles. The number of ketones is 1. The largest absolute Gasteiger partial charge is 0.482 e. The lowest BCUT2D eigenvalue weighted by Crippen LogP contribution is -2.38. The number of Topliss-reactive ketones (excluding diaryl/α,β-unsaturated/α-hetero) is 1. The molecule has 2 unspecified atom stereocenters. The van der Waals surface area contributed by atoms with Crippen LogP contribution in [-0.2, 0) is 31.0 Å². The standard InChI is InChI=1S/C21H23N3O7S/c1-12-17(20(27)21(22)28)18-15(31-11-16(25)26)9-8-14(23-32(2,29)30)19(18)24(12)10-13-6-4-3-5-7-13/h3-9,12,17,23H,10-11H2,1-2H3,(H2,22,28)(H,25,26). The number of nitrogens with zero attached hydrogens (tertiary/aromatic N) is 1. The molecule has 0 fully saturated rings. The van der Waals surface area contributed by atoms with Gasteiger partial charge in [-0.15, -0.1) is 0 Å². The molecule has 3 rings (SSSR count). The lowest BCUT2D eigenvalue weighted by Gasteiger charge is -2.28. The number of fused-ring (bicyclic) bond motifs is 1. The number of nitrogens with two attached hydrogens (primary N) is 1. The van der Waals surface area contributed by atoms with E-state index in [-0.39, 0.29) is 17.0 Å². The smallest absolute Gasteiger partial charge is 0.341 e. The lowest BCUT2D eigenvalue weighted by molar-refractivity contribution is -0.139. The molecule has 1 aliphatic rings. The zero-order valence-corrected chi connectivity index (χ0v) is 18.3. The molecular formula is C21H23N3O7S. The number of nitrogens with one attached hydrogen (secondary N) is 1. The Morgan fingerprint density at radius 1 is 1.16 bits per heavy atom. The highest BCUT2D eigenvalue weighted by Crippen LogP contribution is 2.51. The number of anilines is 2. The Morgan fingerprint density at radius 3 is 2.38 bits per heavy atom. The van der Waals surface area contributed by atoms with Crippen LogP contribution in [0, 0.1) is 0 Å². The highest BCUT2D eigenvalue weighted by molar-refractivity contribution is 7.92. The Hall–Kier alpha value is -3.60. The molecule has 0 radical (unpaired) electrons. The fraction of sp³-hybridized carbons (Fsp3) is 0.286. The van der Waals surface area contributed by atoms with E-state index >= 15 is 0 Å². The first-order valence-corrected chi connectivity index (χ1v) is 11.5. The normalized spacial score (nSPS) is 17.5. The predicted molar refractivity (Wildman–Crippen MR) is 117 cm³/mol. The Balaban J connectivity index is 2.23. The van der Waals surface area contributed by atoms with Gasteiger partial charge in [-0.3, -0.25) is 14.3 Å². The summed E-state index contributed by atoms with van der Waals surface area (Å²) < 4.78 is 31.8. The first-order chi connectivity index (χ1) is 15.0. The molecule has 10 nitrogen and oxygen atoms in total. The number of sulfonamides is 1. The minimum absolute atomic E-state index is 0.0588. The molecule has 1 amide bonds. The third-order valence-electron chi connectivity index (χ3n) is 5.12. The summed E-state index contributed by atoms with van der Waals surface area (Å²) in [6.07, 6.45) is 0.986. The van der Waals surface area contributed by atoms with Crippen LogP contribution in [0.2, 0.25) is 0 Å². The van der Waals surface area contributed by atoms with Gasteiger partial charge >= 0.3 is 5.97 Å². The van der Waals surface area contributed by atoms with Gasteiger partial charge in [0.05, 0.1) is 23.5 Å². The van der Waals surface area contributed by atoms with Gasteiger partial charge in [-0.25, -0.2) is 13.2 Å². The molecule has 1 aliphatic heterocycles. The number of carboxylic acids is 1. The minimum atomic E-state index is -3.69. The monoisotopic (exact) mass is 461 g/mol. The van der Waals surface area contributed by atoms with Crippen LogP contribution in [0.1, 0.15) is 24.0 Å². The number of carboxylic acid groups (broad SMARTS) is 1. The fourth-order valence-electron chi connectivity index (χ4n) is 3.88. The van der Waals surface area contributed by atoms with Gasteiger partial charge in [-0.1, -0.05) is 30.3 Å². The Kier molecular flexibility index (Phi) is 6.40. The van der Waals surface area contributed by atoms with Crippen molar-refractivity contribution in [3.63, 3.8) is 0 Å². The maximum absolute atomic E-state index is 12.8. The zero-order chi connectivity index (χ0) is 23.6. The van der Waals surface area contributed by atoms with Crippen molar-refractivity contribution in [2.45, 2.75) is 25.4 Å². The quantitative estimate of drug-likeness (QED) is 0.468. The molecule has 4 N–H and O–H groups in total. The summed E-state index contributed by atoms with van der Waals surface area (Å²) in [4.78, 5) is 37.4. The van der Waals surface area contributed by atoms with Crippen LogP contribution >= 0.6 is 0 Å². The Labute approximate surface area is 185 Å². The molecule has 32 heavy (non-hydrogen) atoms. The van der Waals surface area contributed by atoms with Crippen molar-refractivity contribution in [2.24, 2.45) is 5.73 Å². The van der Waals surface area contributed by atoms with Gasteiger partial charge < -0.3 is 20.5 Å². The molecule has 0 bridgehead atoms. The van der Waals surface area contributed by atoms with E-state index in [1.54, 1.807) is 11.8 Å². The van der Waals surface area contributed by atoms with E-state index in [0.29, 0.717) is 12.2 Å². The zero-order valence-electron chi connectivity index (χ0n) is 17.4. The number of benzene rings is 2. The second-order valence-corrected chi connectivity index (χ2v) is 9.24. The van der Waals surface area contributed by atoms with E-state index in [0.717, 1.165) is 11.8 Å². The molecule has 2 atom stereocenters. The van der Waals surface area contributed by atoms with Crippen molar-refractivity contribution in [3.8, 4) is 5.75 Å². The number of carbonyl (C=O) groups is 3. The van der Waals surface area contributed by atoms with Gasteiger partial charge in [0.15, 0.2) is 6.61 Å². The lowest BCUT2D eigenvalue weighted by atomic mass is 9.90. The third-order valence-corrected chi connectivity index (χ3v) is 5.71. The van der Waals surface area contributed by atoms with Gasteiger partial charge in [-0.2, -0.15) is 0 Å². The van der Waals surface area contributed by atoms with Gasteiger partial charge in [0.2, 0.25) is 15.8 Å². The molecule has 170 valence electrons. The van der Waals surface area contributed by atoms with E-state index in [2.05, 4.69) is 4.72 Å². The van der Waals surface area contributed by atoms with Gasteiger partial charge in [0.25, 0.3) is 5.91 Å². The summed E-state index contributed by atoms with van der Waals surface area (Å²) in [5, 5.41) is 9.02. The molecule has 1 heterocycles. The minimum Gasteiger partial charge on any atom is -0.482 e. The molecule has 11 heteroatoms. The third kappa shape index (κ3) is 4.83. The van der Waals surface area contributed by atoms with Crippen LogP contribution < -0.4 is 20.1 Å². The SMILES string of the molecule is CC1C(C(=O)C(N)=O)c2c(OCC(=O)O)ccc(NS(C)(=O)=O)c2N1Cc1ccccc1. The fourth-order valence-corrected chi connectivity index (χ4v) is 4.44. The van der Waals surface area contributed by atoms with Crippen molar-refractivity contribution in [2.75, 3.05) is 22.5 Å². The summed E-state index contributed by atoms with van der Waals surface area (Å²) >= 11 is 0. The maximum Gasteiger partial charge on any atom is 0.341 e. The highest BCUT2D eigenvalue weighted by Gasteiger charge is 2.45. The van der Waals surface area contributed by atoms with Crippen LogP contribution in [-0.4, -0.2) is 50.1 Å². The molecule has 0 spiro atoms. The number of carbonyl (C=O) groups excluding carboxylic acids is 2. The summed E-state index contributed by atoms with van der Waals surface area (Å²) in [5.41, 5.74) is 6.88. The number of primary amides is 1. The molecular weight excluding hydrogens is 438 g/mol. The second-order valence-electron chi connectivity index (χ2n) is 7.49. The van der Waals surface area contributed by atoms with Crippen molar-refractivity contribution in [1.29, 1.82) is 0 Å². The summed E-state index contributed by atoms with van der Waals surface area (Å²) in [5.74, 6) is -4.28. The van der Waals surface area contributed by atoms with Crippen LogP contribution in [0.15, 0.2) is 42.5 Å². The van der Waals surface area contributed by atoms with Gasteiger partial charge in [0.1, 0.15) is 5.75 Å². The molecule has 0 saturated carbocycles. The maximum atomic E-state index is 12.8. The molecule has 0 saturated heterocycles. The van der Waals surface area contributed by atoms with Gasteiger partial charge in [0, 0.05) is 18.2 Å². The van der Waals surface area contributed by atoms with E-state index < -0.39 is 46.2 Å². The predicted octanol–water partition coefficient (Wildman–Crippen LogP) is 1.07. The Morgan fingerprint density at radius 2 is 1.81 bits per heavy atom. The Bertz CT molecular complexity index is 1170. The van der Waals surface area contributed by atoms with Crippen LogP contribution in [0.4, 0.5) is 11.4 Å². The van der Waals surface area contributed by atoms with Crippen molar-refractivity contribution < 1.29 is 32.6 Å². The number of amides is 1. The summed E-state index contributed by atoms with van der Waals surface area (Å²) in [7, 11) is -3.69. The average molecular weight is 461 g/mol. The average Bonchev–Trinajstić information content (AvgIpc) is 2.99. The first kappa shape index (κ1) is 23.1. The number of ether oxygens (including phenoxy) is 1. The molecule has 0 aliphatic carbocycles. The molecule has 2 aromatic rings. The number of aliphatic carboxylic acids is 1. The van der Waals surface area contributed by atoms with Crippen LogP contribution in [0.25, 0.3) is 0 Å². The second kappa shape index (κ2) is 8.87. The topological polar surface area (TPSA) is 156 Å². The highest BCUT2D eigenvalue weighted by atomic mass is 32.2. The van der Waals surface area contributed by atoms with E-state index in [4.69, 9.17) is 15.6 Å². The van der Waals surface area contributed by atoms with E-state index in [1.165, 1.54) is 12.1 Å². The van der Waals surface area contributed by atoms with Gasteiger partial charge in [-0.05, 0) is 24.6 Å². The van der Waals surface area contributed by atoms with Crippen LogP contribution in [0.5, 0.6) is 5.75 Å². The van der Waals surface area contributed by atoms with Crippen LogP contribution in [0.3, 0.4) is 0 Å². The molecule has 2 aromatic carbocycles. The summed E-state index contributed by atoms with van der Waals surface area (Å²) in [6, 6.07) is 11.5. The number of hydrogen-bond donors (Lipinski definition) is 3. The van der Waals surface area contributed by atoms with Crippen molar-refractivity contribution in [3.05, 3.63) is 53.6 Å². The number of rotatable bonds is 9. The summed E-state index contributed by atoms with van der Waals surface area (Å²) in [6.45, 7) is 1.31. The van der Waals surface area contributed by atoms with E-state index in [9.17, 15) is 22.8 Å². The van der Waals surface area contributed by atoms with E-state index in [1.807, 2.05) is 30.3 Å². The first-order valence-electron chi connectivity index (χ1n) is 9.63. The van der Waals surface area contributed by atoms with Crippen molar-refractivity contribution >= 4 is 39.1 Å². The number of hydrogen-bond acceptors (Lipinski definition) is 7. The van der Waals surface area contributed by atoms with Crippen molar-refractivity contribution in [1.82, 2.24) is 0 Å².